The van der Waals surface area contributed by atoms with E-state index in [-0.39, 0.29) is 6.17 Å². The molecule has 4 nitrogen and oxygen atoms in total. The molecule has 0 saturated carbocycles. The van der Waals surface area contributed by atoms with E-state index in [0.717, 1.165) is 0 Å². The highest BCUT2D eigenvalue weighted by Gasteiger charge is 1.98. The molecule has 1 rings (SSSR count). The first-order chi connectivity index (χ1) is 5.24. The number of nitrogens with one attached hydrogen (secondary N) is 1. The average molecular weight is 137 g/mol. The van der Waals surface area contributed by atoms with Gasteiger partial charge in [0.1, 0.15) is 0 Å². The second-order valence-electron chi connectivity index (χ2n) is 1.65. The molecule has 0 spiro atoms. The molecule has 0 atom stereocenters. The lowest BCUT2D eigenvalue weighted by Crippen LogP contribution is -2.29. The lowest BCUT2D eigenvalue weighted by atomic mass is 10.3. The number of carbonyl (C=O) groups is 1. The Morgan fingerprint density at radius 2 is 2.60 bits per heavy atom. The van der Waals surface area contributed by atoms with Gasteiger partial charge in [-0.1, -0.05) is 0 Å². The van der Waals surface area contributed by atoms with Crippen LogP contribution in [0.1, 0.15) is 11.7 Å². The number of hydrogen-bond donors (Lipinski definition) is 2. The van der Waals surface area contributed by atoms with Gasteiger partial charge in [0.05, 0.1) is 1.37 Å². The van der Waals surface area contributed by atoms with Gasteiger partial charge < -0.3 is 0 Å². The molecular weight excluding hydrogens is 130 g/mol. The fraction of sp³-hybridized carbons (Fsp3) is 0. The molecule has 0 bridgehead atoms. The summed E-state index contributed by atoms with van der Waals surface area (Å²) in [6.45, 7) is 0. The van der Waals surface area contributed by atoms with E-state index in [1.165, 1.54) is 18.3 Å². The van der Waals surface area contributed by atoms with Crippen molar-refractivity contribution in [3.8, 4) is 0 Å². The number of nitrogens with zero attached hydrogens (tertiary/aromatic N) is 1. The summed E-state index contributed by atoms with van der Waals surface area (Å²) in [7, 11) is 0. The van der Waals surface area contributed by atoms with Gasteiger partial charge in [0.25, 0.3) is 5.91 Å². The van der Waals surface area contributed by atoms with Crippen molar-refractivity contribution in [2.45, 2.75) is 0 Å². The number of hydrazine groups is 1. The molecule has 1 heterocycles. The largest absolute Gasteiger partial charge is 0.290 e. The number of nitrogen functional groups attached to an aromatic ring is 1. The lowest BCUT2D eigenvalue weighted by Gasteiger charge is -1.95. The van der Waals surface area contributed by atoms with Gasteiger partial charge in [-0.15, -0.1) is 0 Å². The predicted octanol–water partition coefficient (Wildman–Crippen LogP) is -0.315. The van der Waals surface area contributed by atoms with E-state index in [1.807, 2.05) is 5.43 Å². The van der Waals surface area contributed by atoms with Crippen molar-refractivity contribution < 1.29 is 6.17 Å². The second-order valence-corrected chi connectivity index (χ2v) is 1.65. The Hall–Kier alpha value is -1.42. The first kappa shape index (κ1) is 5.37. The molecule has 0 saturated heterocycles. The average Bonchev–Trinajstić information content (AvgIpc) is 2.03. The van der Waals surface area contributed by atoms with Crippen LogP contribution in [0.15, 0.2) is 24.5 Å². The summed E-state index contributed by atoms with van der Waals surface area (Å²) in [6, 6.07) is 2.82. The van der Waals surface area contributed by atoms with Crippen LogP contribution in [0.25, 0.3) is 0 Å². The van der Waals surface area contributed by atoms with Gasteiger partial charge >= 0.3 is 0 Å². The number of pyridine rings is 1. The quantitative estimate of drug-likeness (QED) is 0.317. The molecule has 3 N–H and O–H groups in total. The maximum Gasteiger partial charge on any atom is 0.265 e. The number of nitrogens with two attached hydrogens (primary N) is 1. The van der Waals surface area contributed by atoms with Gasteiger partial charge in [-0.3, -0.25) is 15.2 Å². The maximum absolute atomic E-state index is 10.8. The van der Waals surface area contributed by atoms with Crippen molar-refractivity contribution in [3.05, 3.63) is 30.1 Å². The molecule has 52 valence electrons. The predicted molar refractivity (Wildman–Crippen MR) is 35.9 cm³/mol. The molecule has 1 amide bonds. The van der Waals surface area contributed by atoms with Crippen molar-refractivity contribution in [1.82, 2.24) is 10.4 Å². The number of amides is 1. The topological polar surface area (TPSA) is 68.0 Å². The summed E-state index contributed by atoms with van der Waals surface area (Å²) < 4.78 is 7.07. The van der Waals surface area contributed by atoms with Crippen LogP contribution in [-0.4, -0.2) is 10.9 Å². The van der Waals surface area contributed by atoms with Crippen LogP contribution in [0.2, 0.25) is 0 Å². The van der Waals surface area contributed by atoms with Crippen molar-refractivity contribution in [2.24, 2.45) is 5.84 Å². The van der Waals surface area contributed by atoms with Crippen molar-refractivity contribution in [3.63, 3.8) is 0 Å². The van der Waals surface area contributed by atoms with Crippen LogP contribution in [0.5, 0.6) is 0 Å². The highest BCUT2D eigenvalue weighted by molar-refractivity contribution is 5.93. The Morgan fingerprint density at radius 3 is 3.20 bits per heavy atom. The van der Waals surface area contributed by atoms with E-state index in [2.05, 4.69) is 4.98 Å². The zero-order valence-electron chi connectivity index (χ0n) is 6.16. The van der Waals surface area contributed by atoms with E-state index in [4.69, 9.17) is 7.21 Å². The third-order valence-electron chi connectivity index (χ3n) is 1.02. The van der Waals surface area contributed by atoms with Crippen LogP contribution >= 0.6 is 0 Å². The van der Waals surface area contributed by atoms with Gasteiger partial charge in [0.2, 0.25) is 0 Å². The number of rotatable bonds is 1. The van der Waals surface area contributed by atoms with Crippen LogP contribution < -0.4 is 11.3 Å². The molecule has 0 aromatic carbocycles. The van der Waals surface area contributed by atoms with Crippen molar-refractivity contribution in [1.29, 1.82) is 0 Å². The van der Waals surface area contributed by atoms with E-state index < -0.39 is 5.91 Å². The molecule has 10 heavy (non-hydrogen) atoms. The Morgan fingerprint density at radius 1 is 1.80 bits per heavy atom. The maximum atomic E-state index is 10.8. The lowest BCUT2D eigenvalue weighted by molar-refractivity contribution is 0.0953. The summed E-state index contributed by atoms with van der Waals surface area (Å²) in [5.41, 5.74) is 2.30. The Kier molecular flexibility index (Phi) is 1.57. The highest BCUT2D eigenvalue weighted by Crippen LogP contribution is 1.93. The fourth-order valence-electron chi connectivity index (χ4n) is 0.540. The smallest absolute Gasteiger partial charge is 0.265 e. The van der Waals surface area contributed by atoms with Crippen LogP contribution in [0, 0.1) is 0 Å². The molecule has 0 unspecified atom stereocenters. The zero-order chi connectivity index (χ0) is 8.27. The first-order valence-electron chi connectivity index (χ1n) is 3.17. The second kappa shape index (κ2) is 2.93. The molecule has 0 radical (unpaired) electrons. The van der Waals surface area contributed by atoms with E-state index in [9.17, 15) is 4.79 Å². The van der Waals surface area contributed by atoms with Crippen LogP contribution in [0.4, 0.5) is 0 Å². The summed E-state index contributed by atoms with van der Waals surface area (Å²) in [5, 5.41) is 0. The Labute approximate surface area is 59.4 Å². The molecule has 0 aliphatic carbocycles. The van der Waals surface area contributed by atoms with E-state index >= 15 is 0 Å². The van der Waals surface area contributed by atoms with Gasteiger partial charge in [-0.05, 0) is 12.1 Å². The summed E-state index contributed by atoms with van der Waals surface area (Å²) in [6.07, 6.45) is 1.43. The number of carbonyl (C=O) groups excluding carboxylic acids is 1. The third-order valence-corrected chi connectivity index (χ3v) is 1.02. The molecule has 0 fully saturated rings. The molecular formula is C6H7N3O. The molecule has 1 aromatic rings. The fourth-order valence-corrected chi connectivity index (χ4v) is 0.540. The highest BCUT2D eigenvalue weighted by atomic mass is 16.2. The number of aromatic nitrogens is 1. The standard InChI is InChI=1S/C6H7N3O/c7-9-6(10)5-1-3-8-4-2-5/h1-4H,7H2,(H,9,10)/i3H. The number of hydrogen-bond acceptors (Lipinski definition) is 3. The van der Waals surface area contributed by atoms with Gasteiger partial charge in [0, 0.05) is 17.9 Å². The Bertz CT molecular complexity index is 276. The van der Waals surface area contributed by atoms with Crippen LogP contribution in [-0.2, 0) is 0 Å². The SMILES string of the molecule is [1H]c1cc(C(=O)NN)ccn1. The molecule has 1 aromatic heterocycles. The van der Waals surface area contributed by atoms with Gasteiger partial charge in [0.15, 0.2) is 0 Å². The molecule has 0 aliphatic rings. The minimum atomic E-state index is -0.416. The molecule has 0 aliphatic heterocycles. The zero-order valence-corrected chi connectivity index (χ0v) is 5.16. The molecule has 4 heteroatoms. The minimum Gasteiger partial charge on any atom is -0.290 e. The van der Waals surface area contributed by atoms with Gasteiger partial charge in [-0.25, -0.2) is 5.84 Å². The first-order valence-corrected chi connectivity index (χ1v) is 2.67. The summed E-state index contributed by atoms with van der Waals surface area (Å²) in [4.78, 5) is 14.4. The van der Waals surface area contributed by atoms with E-state index in [1.54, 1.807) is 0 Å². The normalized spacial score (nSPS) is 10.3. The van der Waals surface area contributed by atoms with Crippen molar-refractivity contribution in [2.75, 3.05) is 0 Å². The van der Waals surface area contributed by atoms with Gasteiger partial charge in [-0.2, -0.15) is 0 Å². The monoisotopic (exact) mass is 137 g/mol. The summed E-state index contributed by atoms with van der Waals surface area (Å²) in [5.74, 6) is 4.46. The minimum absolute atomic E-state index is 0.0473. The van der Waals surface area contributed by atoms with E-state index in [0.29, 0.717) is 5.56 Å². The third kappa shape index (κ3) is 1.29. The Balaban J connectivity index is 2.96. The summed E-state index contributed by atoms with van der Waals surface area (Å²) >= 11 is 0. The van der Waals surface area contributed by atoms with Crippen LogP contribution in [0.3, 0.4) is 0 Å². The van der Waals surface area contributed by atoms with Crippen molar-refractivity contribution >= 4 is 5.91 Å².